The number of amides is 1. The van der Waals surface area contributed by atoms with E-state index in [1.807, 2.05) is 32.7 Å². The van der Waals surface area contributed by atoms with Crippen molar-refractivity contribution in [2.45, 2.75) is 39.7 Å². The van der Waals surface area contributed by atoms with E-state index in [1.54, 1.807) is 10.9 Å². The van der Waals surface area contributed by atoms with E-state index in [1.165, 1.54) is 0 Å². The van der Waals surface area contributed by atoms with Gasteiger partial charge in [-0.05, 0) is 26.7 Å². The number of aryl methyl sites for hydroxylation is 2. The van der Waals surface area contributed by atoms with Gasteiger partial charge in [0.1, 0.15) is 0 Å². The summed E-state index contributed by atoms with van der Waals surface area (Å²) < 4.78 is 1.70. The molecule has 0 radical (unpaired) electrons. The van der Waals surface area contributed by atoms with Crippen molar-refractivity contribution in [2.24, 2.45) is 7.05 Å². The number of aromatic nitrogens is 2. The number of hydrogen-bond acceptors (Lipinski definition) is 2. The molecule has 0 aliphatic carbocycles. The number of nitrogens with zero attached hydrogens (tertiary/aromatic N) is 3. The van der Waals surface area contributed by atoms with Crippen molar-refractivity contribution >= 4 is 17.5 Å². The Labute approximate surface area is 114 Å². The zero-order valence-electron chi connectivity index (χ0n) is 11.6. The van der Waals surface area contributed by atoms with Crippen LogP contribution in [0.3, 0.4) is 0 Å². The number of alkyl halides is 1. The van der Waals surface area contributed by atoms with Gasteiger partial charge >= 0.3 is 0 Å². The molecule has 18 heavy (non-hydrogen) atoms. The highest BCUT2D eigenvalue weighted by molar-refractivity contribution is 6.17. The van der Waals surface area contributed by atoms with Crippen molar-refractivity contribution in [3.8, 4) is 0 Å². The molecule has 5 heteroatoms. The summed E-state index contributed by atoms with van der Waals surface area (Å²) >= 11 is 5.71. The minimum absolute atomic E-state index is 0.0556. The Balaban J connectivity index is 2.94. The van der Waals surface area contributed by atoms with Crippen molar-refractivity contribution in [3.63, 3.8) is 0 Å². The second-order valence-corrected chi connectivity index (χ2v) is 5.03. The monoisotopic (exact) mass is 271 g/mol. The van der Waals surface area contributed by atoms with E-state index in [4.69, 9.17) is 11.6 Å². The second kappa shape index (κ2) is 6.78. The zero-order chi connectivity index (χ0) is 13.7. The van der Waals surface area contributed by atoms with Gasteiger partial charge in [-0.3, -0.25) is 9.48 Å². The van der Waals surface area contributed by atoms with Crippen LogP contribution in [-0.2, 0) is 13.5 Å². The molecule has 1 aromatic rings. The van der Waals surface area contributed by atoms with Crippen molar-refractivity contribution < 1.29 is 4.79 Å². The van der Waals surface area contributed by atoms with Crippen LogP contribution in [-0.4, -0.2) is 39.1 Å². The summed E-state index contributed by atoms with van der Waals surface area (Å²) in [6.45, 7) is 6.75. The van der Waals surface area contributed by atoms with Crippen LogP contribution in [0.5, 0.6) is 0 Å². The molecule has 0 saturated heterocycles. The minimum Gasteiger partial charge on any atom is -0.336 e. The molecule has 0 saturated carbocycles. The Hall–Kier alpha value is -1.03. The van der Waals surface area contributed by atoms with Crippen molar-refractivity contribution in [1.82, 2.24) is 14.7 Å². The molecule has 0 atom stereocenters. The van der Waals surface area contributed by atoms with E-state index in [9.17, 15) is 4.79 Å². The molecule has 0 bridgehead atoms. The average molecular weight is 272 g/mol. The van der Waals surface area contributed by atoms with Crippen LogP contribution in [0.2, 0.25) is 0 Å². The SMILES string of the molecule is CCc1nn(C)cc1C(=O)N(CCCCl)C(C)C. The summed E-state index contributed by atoms with van der Waals surface area (Å²) in [6, 6.07) is 0.172. The third-order valence-corrected chi connectivity index (χ3v) is 3.15. The molecule has 1 aromatic heterocycles. The predicted molar refractivity (Wildman–Crippen MR) is 74.1 cm³/mol. The highest BCUT2D eigenvalue weighted by Gasteiger charge is 2.22. The maximum Gasteiger partial charge on any atom is 0.257 e. The number of carbonyl (C=O) groups is 1. The first kappa shape index (κ1) is 15.0. The van der Waals surface area contributed by atoms with Gasteiger partial charge in [-0.2, -0.15) is 5.10 Å². The highest BCUT2D eigenvalue weighted by atomic mass is 35.5. The molecular weight excluding hydrogens is 250 g/mol. The van der Waals surface area contributed by atoms with Gasteiger partial charge in [-0.15, -0.1) is 11.6 Å². The van der Waals surface area contributed by atoms with Crippen molar-refractivity contribution in [3.05, 3.63) is 17.5 Å². The van der Waals surface area contributed by atoms with E-state index in [-0.39, 0.29) is 11.9 Å². The van der Waals surface area contributed by atoms with Crippen LogP contribution in [0, 0.1) is 0 Å². The largest absolute Gasteiger partial charge is 0.336 e. The maximum absolute atomic E-state index is 12.5. The summed E-state index contributed by atoms with van der Waals surface area (Å²) in [5.74, 6) is 0.629. The molecule has 1 amide bonds. The quantitative estimate of drug-likeness (QED) is 0.746. The number of rotatable bonds is 6. The lowest BCUT2D eigenvalue weighted by Gasteiger charge is -2.26. The van der Waals surface area contributed by atoms with Gasteiger partial charge in [-0.25, -0.2) is 0 Å². The smallest absolute Gasteiger partial charge is 0.257 e. The topological polar surface area (TPSA) is 38.1 Å². The average Bonchev–Trinajstić information content (AvgIpc) is 2.70. The Kier molecular flexibility index (Phi) is 5.66. The molecule has 0 aliphatic heterocycles. The number of carbonyl (C=O) groups excluding carboxylic acids is 1. The summed E-state index contributed by atoms with van der Waals surface area (Å²) in [4.78, 5) is 14.4. The van der Waals surface area contributed by atoms with Crippen LogP contribution in [0.25, 0.3) is 0 Å². The molecule has 1 heterocycles. The molecule has 0 fully saturated rings. The Morgan fingerprint density at radius 3 is 2.72 bits per heavy atom. The Bertz CT molecular complexity index is 401. The predicted octanol–water partition coefficient (Wildman–Crippen LogP) is 2.46. The highest BCUT2D eigenvalue weighted by Crippen LogP contribution is 2.13. The molecule has 1 rings (SSSR count). The Morgan fingerprint density at radius 2 is 2.22 bits per heavy atom. The van der Waals surface area contributed by atoms with Crippen LogP contribution < -0.4 is 0 Å². The van der Waals surface area contributed by atoms with E-state index >= 15 is 0 Å². The third-order valence-electron chi connectivity index (χ3n) is 2.89. The van der Waals surface area contributed by atoms with Crippen molar-refractivity contribution in [1.29, 1.82) is 0 Å². The third kappa shape index (κ3) is 3.48. The molecule has 0 aliphatic rings. The Morgan fingerprint density at radius 1 is 1.56 bits per heavy atom. The first-order valence-corrected chi connectivity index (χ1v) is 6.94. The minimum atomic E-state index is 0.0556. The molecule has 0 unspecified atom stereocenters. The van der Waals surface area contributed by atoms with E-state index in [0.717, 1.165) is 18.5 Å². The van der Waals surface area contributed by atoms with Crippen LogP contribution in [0.15, 0.2) is 6.20 Å². The second-order valence-electron chi connectivity index (χ2n) is 4.65. The summed E-state index contributed by atoms with van der Waals surface area (Å²) in [6.07, 6.45) is 3.38. The molecule has 0 spiro atoms. The zero-order valence-corrected chi connectivity index (χ0v) is 12.4. The molecule has 4 nitrogen and oxygen atoms in total. The standard InChI is InChI=1S/C13H22ClN3O/c1-5-12-11(9-16(4)15-12)13(18)17(10(2)3)8-6-7-14/h9-10H,5-8H2,1-4H3. The van der Waals surface area contributed by atoms with Gasteiger partial charge in [0.25, 0.3) is 5.91 Å². The van der Waals surface area contributed by atoms with E-state index < -0.39 is 0 Å². The van der Waals surface area contributed by atoms with Gasteiger partial charge in [0, 0.05) is 31.7 Å². The lowest BCUT2D eigenvalue weighted by atomic mass is 10.1. The summed E-state index contributed by atoms with van der Waals surface area (Å²) in [5.41, 5.74) is 1.57. The summed E-state index contributed by atoms with van der Waals surface area (Å²) in [7, 11) is 1.84. The van der Waals surface area contributed by atoms with Gasteiger partial charge in [0.2, 0.25) is 0 Å². The molecule has 102 valence electrons. The van der Waals surface area contributed by atoms with Crippen molar-refractivity contribution in [2.75, 3.05) is 12.4 Å². The lowest BCUT2D eigenvalue weighted by Crippen LogP contribution is -2.38. The fourth-order valence-electron chi connectivity index (χ4n) is 1.95. The van der Waals surface area contributed by atoms with Crippen LogP contribution >= 0.6 is 11.6 Å². The first-order chi connectivity index (χ1) is 8.51. The summed E-state index contributed by atoms with van der Waals surface area (Å²) in [5, 5.41) is 4.32. The first-order valence-electron chi connectivity index (χ1n) is 6.40. The van der Waals surface area contributed by atoms with Crippen LogP contribution in [0.1, 0.15) is 43.2 Å². The lowest BCUT2D eigenvalue weighted by molar-refractivity contribution is 0.0705. The molecule has 0 N–H and O–H groups in total. The van der Waals surface area contributed by atoms with Crippen LogP contribution in [0.4, 0.5) is 0 Å². The maximum atomic E-state index is 12.5. The molecule has 0 aromatic carbocycles. The van der Waals surface area contributed by atoms with E-state index in [2.05, 4.69) is 5.10 Å². The number of hydrogen-bond donors (Lipinski definition) is 0. The fourth-order valence-corrected chi connectivity index (χ4v) is 2.07. The fraction of sp³-hybridized carbons (Fsp3) is 0.692. The number of halogens is 1. The van der Waals surface area contributed by atoms with Gasteiger partial charge in [0.05, 0.1) is 11.3 Å². The van der Waals surface area contributed by atoms with E-state index in [0.29, 0.717) is 18.0 Å². The normalized spacial score (nSPS) is 11.0. The van der Waals surface area contributed by atoms with Gasteiger partial charge < -0.3 is 4.90 Å². The van der Waals surface area contributed by atoms with Gasteiger partial charge in [0.15, 0.2) is 0 Å². The van der Waals surface area contributed by atoms with Gasteiger partial charge in [-0.1, -0.05) is 6.92 Å². The molecular formula is C13H22ClN3O.